The summed E-state index contributed by atoms with van der Waals surface area (Å²) in [6, 6.07) is 9.16. The summed E-state index contributed by atoms with van der Waals surface area (Å²) in [6.07, 6.45) is 2.21. The highest BCUT2D eigenvalue weighted by atomic mass is 16.6. The minimum atomic E-state index is -1.87. The van der Waals surface area contributed by atoms with Crippen LogP contribution in [0.3, 0.4) is 0 Å². The molecule has 2 aliphatic heterocycles. The van der Waals surface area contributed by atoms with Crippen LogP contribution in [-0.4, -0.2) is 26.4 Å². The number of hydrogen-bond donors (Lipinski definition) is 1. The lowest BCUT2D eigenvalue weighted by Gasteiger charge is -2.31. The highest BCUT2D eigenvalue weighted by Gasteiger charge is 2.45. The third kappa shape index (κ3) is 2.77. The maximum Gasteiger partial charge on any atom is 0.343 e. The van der Waals surface area contributed by atoms with E-state index in [0.29, 0.717) is 28.9 Å². The lowest BCUT2D eigenvalue weighted by atomic mass is 9.86. The molecular formula is C25H24N2O5. The van der Waals surface area contributed by atoms with Gasteiger partial charge >= 0.3 is 5.97 Å². The molecule has 32 heavy (non-hydrogen) atoms. The fraction of sp³-hybridized carbons (Fsp3) is 0.360. The smallest absolute Gasteiger partial charge is 0.343 e. The zero-order chi connectivity index (χ0) is 22.6. The minimum Gasteiger partial charge on any atom is -0.458 e. The molecule has 1 atom stereocenters. The predicted octanol–water partition coefficient (Wildman–Crippen LogP) is 3.45. The number of rotatable bonds is 5. The molecule has 0 spiro atoms. The van der Waals surface area contributed by atoms with E-state index < -0.39 is 11.6 Å². The van der Waals surface area contributed by atoms with Crippen molar-refractivity contribution >= 4 is 22.7 Å². The summed E-state index contributed by atoms with van der Waals surface area (Å²) >= 11 is 0. The third-order valence-electron chi connectivity index (χ3n) is 6.63. The largest absolute Gasteiger partial charge is 0.458 e. The average molecular weight is 432 g/mol. The van der Waals surface area contributed by atoms with Gasteiger partial charge in [0.15, 0.2) is 11.4 Å². The van der Waals surface area contributed by atoms with Gasteiger partial charge < -0.3 is 14.4 Å². The van der Waals surface area contributed by atoms with Gasteiger partial charge in [-0.3, -0.25) is 9.59 Å². The van der Waals surface area contributed by atoms with Gasteiger partial charge in [0.25, 0.3) is 5.56 Å². The molecule has 1 N–H and O–H groups in total. The molecule has 0 unspecified atom stereocenters. The van der Waals surface area contributed by atoms with Gasteiger partial charge in [0.2, 0.25) is 0 Å². The molecule has 7 heteroatoms. The Labute approximate surface area is 184 Å². The van der Waals surface area contributed by atoms with Crippen molar-refractivity contribution in [2.24, 2.45) is 0 Å². The van der Waals surface area contributed by atoms with Crippen molar-refractivity contribution in [2.75, 3.05) is 0 Å². The van der Waals surface area contributed by atoms with Crippen LogP contribution in [-0.2, 0) is 28.3 Å². The lowest BCUT2D eigenvalue weighted by Crippen LogP contribution is -2.44. The molecule has 2 aromatic heterocycles. The summed E-state index contributed by atoms with van der Waals surface area (Å²) in [4.78, 5) is 43.8. The van der Waals surface area contributed by atoms with Crippen molar-refractivity contribution in [1.82, 2.24) is 9.55 Å². The number of aliphatic hydroxyl groups is 1. The third-order valence-corrected chi connectivity index (χ3v) is 6.63. The topological polar surface area (TPSA) is 98.5 Å². The number of ether oxygens (including phenoxy) is 1. The molecule has 0 fully saturated rings. The maximum absolute atomic E-state index is 13.4. The first-order valence-electron chi connectivity index (χ1n) is 11.0. The molecule has 2 aliphatic rings. The Hall–Kier alpha value is -3.32. The molecule has 7 nitrogen and oxygen atoms in total. The Balaban J connectivity index is 1.79. The fourth-order valence-electron chi connectivity index (χ4n) is 4.81. The summed E-state index contributed by atoms with van der Waals surface area (Å²) < 4.78 is 6.70. The van der Waals surface area contributed by atoms with Crippen molar-refractivity contribution < 1.29 is 19.4 Å². The number of esters is 1. The van der Waals surface area contributed by atoms with Gasteiger partial charge in [-0.1, -0.05) is 38.5 Å². The van der Waals surface area contributed by atoms with Crippen LogP contribution in [0.1, 0.15) is 66.6 Å². The summed E-state index contributed by atoms with van der Waals surface area (Å²) in [6.45, 7) is 3.76. The van der Waals surface area contributed by atoms with Gasteiger partial charge in [0.05, 0.1) is 29.0 Å². The number of fused-ring (bicyclic) bond motifs is 5. The number of carbonyl (C=O) groups is 2. The van der Waals surface area contributed by atoms with E-state index in [-0.39, 0.29) is 42.0 Å². The standard InChI is InChI=1S/C25H24N2O5/c1-3-5-10-20(28)21-14-8-6-7-9-18(14)26-22-15(21)12-27-19(22)11-17-16(23(27)29)13-32-24(30)25(17,31)4-2/h6-9,11,31H,3-5,10,12-13H2,1-2H3/t25-/m0/s1. The SMILES string of the molecule is CCCCC(=O)c1c2c(nc3ccccc13)-c1cc3c(c(=O)n1C2)COC(=O)[C@]3(O)CC. The van der Waals surface area contributed by atoms with Crippen LogP contribution >= 0.6 is 0 Å². The molecule has 0 radical (unpaired) electrons. The molecule has 0 aliphatic carbocycles. The molecule has 5 rings (SSSR count). The van der Waals surface area contributed by atoms with Crippen molar-refractivity contribution in [2.45, 2.75) is 58.3 Å². The Kier molecular flexibility index (Phi) is 4.74. The first-order valence-corrected chi connectivity index (χ1v) is 11.0. The molecule has 0 saturated carbocycles. The first-order chi connectivity index (χ1) is 15.4. The minimum absolute atomic E-state index is 0.0379. The number of hydrogen-bond acceptors (Lipinski definition) is 6. The molecule has 3 aromatic rings. The number of benzene rings is 1. The molecule has 0 saturated heterocycles. The summed E-state index contributed by atoms with van der Waals surface area (Å²) in [5, 5.41) is 11.8. The first kappa shape index (κ1) is 20.6. The van der Waals surface area contributed by atoms with Crippen molar-refractivity contribution in [3.05, 3.63) is 62.9 Å². The van der Waals surface area contributed by atoms with Gasteiger partial charge in [0, 0.05) is 28.5 Å². The van der Waals surface area contributed by atoms with E-state index in [1.54, 1.807) is 17.6 Å². The average Bonchev–Trinajstić information content (AvgIpc) is 3.17. The summed E-state index contributed by atoms with van der Waals surface area (Å²) in [5.74, 6) is -0.715. The predicted molar refractivity (Wildman–Crippen MR) is 118 cm³/mol. The monoisotopic (exact) mass is 432 g/mol. The number of para-hydroxylation sites is 1. The highest BCUT2D eigenvalue weighted by molar-refractivity contribution is 6.10. The van der Waals surface area contributed by atoms with E-state index in [1.165, 1.54) is 0 Å². The summed E-state index contributed by atoms with van der Waals surface area (Å²) in [5.41, 5.74) is 1.42. The number of cyclic esters (lactones) is 1. The molecule has 1 aromatic carbocycles. The van der Waals surface area contributed by atoms with Gasteiger partial charge in [-0.05, 0) is 25.0 Å². The molecule has 4 heterocycles. The van der Waals surface area contributed by atoms with Crippen LogP contribution in [0.2, 0.25) is 0 Å². The number of nitrogens with zero attached hydrogens (tertiary/aromatic N) is 2. The number of unbranched alkanes of at least 4 members (excludes halogenated alkanes) is 1. The molecule has 164 valence electrons. The van der Waals surface area contributed by atoms with E-state index in [1.807, 2.05) is 31.2 Å². The number of aromatic nitrogens is 2. The van der Waals surface area contributed by atoms with Crippen LogP contribution in [0, 0.1) is 0 Å². The van der Waals surface area contributed by atoms with Crippen LogP contribution in [0.4, 0.5) is 0 Å². The van der Waals surface area contributed by atoms with Gasteiger partial charge in [-0.15, -0.1) is 0 Å². The van der Waals surface area contributed by atoms with E-state index in [2.05, 4.69) is 0 Å². The fourth-order valence-corrected chi connectivity index (χ4v) is 4.81. The molecule has 0 bridgehead atoms. The van der Waals surface area contributed by atoms with Gasteiger partial charge in [0.1, 0.15) is 6.61 Å². The van der Waals surface area contributed by atoms with Crippen LogP contribution in [0.25, 0.3) is 22.3 Å². The normalized spacial score (nSPS) is 18.8. The van der Waals surface area contributed by atoms with Crippen molar-refractivity contribution in [1.29, 1.82) is 0 Å². The summed E-state index contributed by atoms with van der Waals surface area (Å²) in [7, 11) is 0. The zero-order valence-corrected chi connectivity index (χ0v) is 18.1. The molecular weight excluding hydrogens is 408 g/mol. The highest BCUT2D eigenvalue weighted by Crippen LogP contribution is 2.40. The quantitative estimate of drug-likeness (QED) is 0.383. The number of Topliss-reactive ketones (excluding diaryl/α,β-unsaturated/α-hetero) is 1. The van der Waals surface area contributed by atoms with E-state index in [9.17, 15) is 19.5 Å². The van der Waals surface area contributed by atoms with Gasteiger partial charge in [-0.25, -0.2) is 9.78 Å². The van der Waals surface area contributed by atoms with Gasteiger partial charge in [-0.2, -0.15) is 0 Å². The Morgan fingerprint density at radius 3 is 2.75 bits per heavy atom. The zero-order valence-electron chi connectivity index (χ0n) is 18.1. The lowest BCUT2D eigenvalue weighted by molar-refractivity contribution is -0.172. The number of pyridine rings is 2. The number of ketones is 1. The van der Waals surface area contributed by atoms with Crippen LogP contribution < -0.4 is 5.56 Å². The van der Waals surface area contributed by atoms with E-state index in [0.717, 1.165) is 23.8 Å². The second-order valence-electron chi connectivity index (χ2n) is 8.46. The van der Waals surface area contributed by atoms with E-state index in [4.69, 9.17) is 9.72 Å². The van der Waals surface area contributed by atoms with Crippen molar-refractivity contribution in [3.63, 3.8) is 0 Å². The Bertz CT molecular complexity index is 1360. The van der Waals surface area contributed by atoms with Crippen molar-refractivity contribution in [3.8, 4) is 11.4 Å². The molecule has 0 amide bonds. The maximum atomic E-state index is 13.4. The second-order valence-corrected chi connectivity index (χ2v) is 8.46. The Morgan fingerprint density at radius 2 is 2.00 bits per heavy atom. The van der Waals surface area contributed by atoms with E-state index >= 15 is 0 Å². The van der Waals surface area contributed by atoms with Crippen LogP contribution in [0.15, 0.2) is 35.1 Å². The second kappa shape index (κ2) is 7.38. The Morgan fingerprint density at radius 1 is 1.22 bits per heavy atom. The van der Waals surface area contributed by atoms with Crippen LogP contribution in [0.5, 0.6) is 0 Å². The number of carbonyl (C=O) groups excluding carboxylic acids is 2.